The predicted molar refractivity (Wildman–Crippen MR) is 139 cm³/mol. The first-order valence-corrected chi connectivity index (χ1v) is 15.0. The minimum Gasteiger partial charge on any atom is -0.458 e. The largest absolute Gasteiger partial charge is 0.458 e. The van der Waals surface area contributed by atoms with Crippen LogP contribution in [0.5, 0.6) is 0 Å². The van der Waals surface area contributed by atoms with Crippen molar-refractivity contribution >= 4 is 11.8 Å². The number of esters is 1. The van der Waals surface area contributed by atoms with Crippen molar-refractivity contribution in [2.24, 2.45) is 28.6 Å². The lowest BCUT2D eigenvalue weighted by atomic mass is 9.41. The van der Waals surface area contributed by atoms with Gasteiger partial charge in [0.2, 0.25) is 0 Å². The van der Waals surface area contributed by atoms with Gasteiger partial charge in [-0.3, -0.25) is 4.79 Å². The zero-order chi connectivity index (χ0) is 29.3. The lowest BCUT2D eigenvalue weighted by Gasteiger charge is -2.62. The summed E-state index contributed by atoms with van der Waals surface area (Å²) in [5, 5.41) is 45.4. The Morgan fingerprint density at radius 2 is 1.80 bits per heavy atom. The van der Waals surface area contributed by atoms with Gasteiger partial charge in [0.05, 0.1) is 23.7 Å². The molecule has 4 N–H and O–H groups in total. The van der Waals surface area contributed by atoms with Crippen molar-refractivity contribution in [3.63, 3.8) is 0 Å². The first-order chi connectivity index (χ1) is 19.3. The van der Waals surface area contributed by atoms with Gasteiger partial charge in [-0.1, -0.05) is 6.92 Å². The van der Waals surface area contributed by atoms with E-state index in [1.807, 2.05) is 0 Å². The van der Waals surface area contributed by atoms with Crippen LogP contribution >= 0.6 is 0 Å². The molecule has 1 spiro atoms. The highest BCUT2D eigenvalue weighted by Gasteiger charge is 2.88. The third kappa shape index (κ3) is 3.43. The van der Waals surface area contributed by atoms with Crippen LogP contribution in [0.1, 0.15) is 59.3 Å². The van der Waals surface area contributed by atoms with Crippen molar-refractivity contribution in [3.05, 3.63) is 11.6 Å². The summed E-state index contributed by atoms with van der Waals surface area (Å²) in [5.41, 5.74) is -3.60. The first kappa shape index (κ1) is 28.3. The number of methoxy groups -OCH3 is 1. The lowest BCUT2D eigenvalue weighted by Crippen LogP contribution is -2.75. The molecule has 0 bridgehead atoms. The second-order valence-corrected chi connectivity index (χ2v) is 14.0. The molecule has 7 aliphatic rings. The van der Waals surface area contributed by atoms with Crippen LogP contribution < -0.4 is 0 Å². The molecule has 4 saturated carbocycles. The minimum absolute atomic E-state index is 0.0463. The SMILES string of the molecule is COC1C(O)C(C)OC(OC2CCC3(C)C(C2)CC2OC24C3C(O)C(=O)C2(C)C(C3=CC(=O)OC3)CCC24O)C1O. The molecule has 0 aromatic heterocycles. The number of aliphatic hydroxyl groups is 4. The van der Waals surface area contributed by atoms with E-state index >= 15 is 0 Å². The van der Waals surface area contributed by atoms with Crippen LogP contribution in [-0.4, -0.2) is 106 Å². The van der Waals surface area contributed by atoms with Crippen molar-refractivity contribution in [1.82, 2.24) is 0 Å². The number of ketones is 1. The molecule has 0 aromatic rings. The van der Waals surface area contributed by atoms with E-state index in [4.69, 9.17) is 23.7 Å². The molecule has 15 atom stereocenters. The Morgan fingerprint density at radius 3 is 2.49 bits per heavy atom. The molecule has 15 unspecified atom stereocenters. The molecule has 2 saturated heterocycles. The fourth-order valence-corrected chi connectivity index (χ4v) is 10.3. The van der Waals surface area contributed by atoms with Crippen molar-refractivity contribution in [1.29, 1.82) is 0 Å². The molecule has 3 heterocycles. The topological polar surface area (TPSA) is 165 Å². The molecule has 11 heteroatoms. The molecule has 11 nitrogen and oxygen atoms in total. The van der Waals surface area contributed by atoms with Crippen LogP contribution in [0.15, 0.2) is 11.6 Å². The van der Waals surface area contributed by atoms with Gasteiger partial charge in [-0.15, -0.1) is 0 Å². The molecule has 0 aromatic carbocycles. The number of fused-ring (bicyclic) bond motifs is 3. The van der Waals surface area contributed by atoms with Gasteiger partial charge >= 0.3 is 5.97 Å². The molecular formula is C30H42O11. The van der Waals surface area contributed by atoms with Gasteiger partial charge in [0.15, 0.2) is 12.1 Å². The average molecular weight is 579 g/mol. The number of Topliss-reactive ketones (excluding diaryl/α,β-unsaturated/α-hetero) is 1. The van der Waals surface area contributed by atoms with E-state index in [9.17, 15) is 30.0 Å². The summed E-state index contributed by atoms with van der Waals surface area (Å²) < 4.78 is 29.0. The first-order valence-electron chi connectivity index (χ1n) is 15.0. The van der Waals surface area contributed by atoms with Crippen molar-refractivity contribution in [2.75, 3.05) is 13.7 Å². The number of carbonyl (C=O) groups is 2. The van der Waals surface area contributed by atoms with Crippen LogP contribution in [0.2, 0.25) is 0 Å². The molecular weight excluding hydrogens is 536 g/mol. The second-order valence-electron chi connectivity index (χ2n) is 14.0. The summed E-state index contributed by atoms with van der Waals surface area (Å²) in [6.07, 6.45) is -1.55. The number of hydrogen-bond acceptors (Lipinski definition) is 11. The molecule has 6 fully saturated rings. The van der Waals surface area contributed by atoms with Crippen LogP contribution in [0.25, 0.3) is 0 Å². The number of epoxide rings is 1. The molecule has 41 heavy (non-hydrogen) atoms. The van der Waals surface area contributed by atoms with E-state index in [-0.39, 0.29) is 30.5 Å². The fraction of sp³-hybridized carbons (Fsp3) is 0.867. The molecule has 4 aliphatic carbocycles. The Bertz CT molecular complexity index is 1170. The average Bonchev–Trinajstić information content (AvgIpc) is 3.38. The number of carbonyl (C=O) groups excluding carboxylic acids is 2. The van der Waals surface area contributed by atoms with Crippen LogP contribution in [-0.2, 0) is 33.3 Å². The number of aliphatic hydroxyl groups excluding tert-OH is 3. The van der Waals surface area contributed by atoms with Gasteiger partial charge in [0, 0.05) is 19.1 Å². The summed E-state index contributed by atoms with van der Waals surface area (Å²) in [6, 6.07) is 0. The van der Waals surface area contributed by atoms with Gasteiger partial charge in [-0.05, 0) is 75.2 Å². The highest BCUT2D eigenvalue weighted by Crippen LogP contribution is 2.76. The Kier molecular flexibility index (Phi) is 6.25. The zero-order valence-corrected chi connectivity index (χ0v) is 24.0. The monoisotopic (exact) mass is 578 g/mol. The number of rotatable bonds is 4. The smallest absolute Gasteiger partial charge is 0.331 e. The summed E-state index contributed by atoms with van der Waals surface area (Å²) in [6.45, 7) is 5.65. The normalized spacial score (nSPS) is 57.7. The quantitative estimate of drug-likeness (QED) is 0.207. The maximum Gasteiger partial charge on any atom is 0.331 e. The maximum atomic E-state index is 14.2. The molecule has 7 rings (SSSR count). The van der Waals surface area contributed by atoms with Crippen molar-refractivity contribution < 1.29 is 53.7 Å². The predicted octanol–water partition coefficient (Wildman–Crippen LogP) is 0.391. The van der Waals surface area contributed by atoms with E-state index in [1.165, 1.54) is 13.2 Å². The summed E-state index contributed by atoms with van der Waals surface area (Å²) in [5.74, 6) is -1.77. The summed E-state index contributed by atoms with van der Waals surface area (Å²) >= 11 is 0. The highest BCUT2D eigenvalue weighted by atomic mass is 16.7. The minimum atomic E-state index is -1.48. The third-order valence-corrected chi connectivity index (χ3v) is 12.5. The van der Waals surface area contributed by atoms with Gasteiger partial charge in [0.25, 0.3) is 0 Å². The molecule has 3 aliphatic heterocycles. The Balaban J connectivity index is 1.15. The summed E-state index contributed by atoms with van der Waals surface area (Å²) in [7, 11) is 1.43. The number of hydrogen-bond donors (Lipinski definition) is 4. The third-order valence-electron chi connectivity index (χ3n) is 12.5. The molecule has 0 radical (unpaired) electrons. The van der Waals surface area contributed by atoms with E-state index < -0.39 is 76.6 Å². The zero-order valence-electron chi connectivity index (χ0n) is 24.0. The Labute approximate surface area is 239 Å². The number of cyclic esters (lactones) is 1. The van der Waals surface area contributed by atoms with Crippen molar-refractivity contribution in [2.45, 2.75) is 120 Å². The molecule has 228 valence electrons. The van der Waals surface area contributed by atoms with E-state index in [0.29, 0.717) is 44.1 Å². The lowest BCUT2D eigenvalue weighted by molar-refractivity contribution is -0.313. The van der Waals surface area contributed by atoms with Crippen LogP contribution in [0.3, 0.4) is 0 Å². The maximum absolute atomic E-state index is 14.2. The second kappa shape index (κ2) is 9.04. The Morgan fingerprint density at radius 1 is 1.05 bits per heavy atom. The van der Waals surface area contributed by atoms with Crippen molar-refractivity contribution in [3.8, 4) is 0 Å². The fourth-order valence-electron chi connectivity index (χ4n) is 10.3. The standard InChI is InChI=1S/C30H42O11/c1-13-20(32)23(37-4)21(33)26(39-13)40-16-5-7-27(2)15(10-16)11-18-30(41-18)24(27)22(34)25(35)28(3)17(6-8-29(28,30)36)14-9-19(31)38-12-14/h9,13,15-18,20-24,26,32-34,36H,5-8,10-12H2,1-4H3. The number of ether oxygens (including phenoxy) is 5. The van der Waals surface area contributed by atoms with E-state index in [2.05, 4.69) is 6.92 Å². The Hall–Kier alpha value is -1.44. The molecule has 0 amide bonds. The van der Waals surface area contributed by atoms with Gasteiger partial charge in [-0.2, -0.15) is 0 Å². The van der Waals surface area contributed by atoms with E-state index in [1.54, 1.807) is 13.8 Å². The van der Waals surface area contributed by atoms with Gasteiger partial charge in [-0.25, -0.2) is 4.79 Å². The van der Waals surface area contributed by atoms with Gasteiger partial charge in [0.1, 0.15) is 42.2 Å². The van der Waals surface area contributed by atoms with Gasteiger partial charge < -0.3 is 44.1 Å². The highest BCUT2D eigenvalue weighted by molar-refractivity contribution is 5.94. The van der Waals surface area contributed by atoms with Crippen LogP contribution in [0.4, 0.5) is 0 Å². The summed E-state index contributed by atoms with van der Waals surface area (Å²) in [4.78, 5) is 26.0. The van der Waals surface area contributed by atoms with Crippen LogP contribution in [0, 0.1) is 28.6 Å². The van der Waals surface area contributed by atoms with E-state index in [0.717, 1.165) is 0 Å².